The third kappa shape index (κ3) is 5.39. The highest BCUT2D eigenvalue weighted by atomic mass is 32.1. The van der Waals surface area contributed by atoms with Gasteiger partial charge in [0.2, 0.25) is 0 Å². The first-order chi connectivity index (χ1) is 15.1. The Morgan fingerprint density at radius 1 is 1.10 bits per heavy atom. The van der Waals surface area contributed by atoms with Crippen molar-refractivity contribution in [3.8, 4) is 11.5 Å². The van der Waals surface area contributed by atoms with E-state index >= 15 is 0 Å². The van der Waals surface area contributed by atoms with Gasteiger partial charge in [-0.3, -0.25) is 15.0 Å². The average molecular weight is 442 g/mol. The number of aldehydes is 1. The van der Waals surface area contributed by atoms with Gasteiger partial charge in [-0.2, -0.15) is 0 Å². The van der Waals surface area contributed by atoms with Crippen molar-refractivity contribution in [3.63, 3.8) is 0 Å². The molecule has 1 atom stereocenters. The standard InChI is InChI=1S/C22H23N3O5S/c1-29-18-8-7-14(11-19(18)30-2)22(28)23-12-21(27)25-24-17(9-10-26)16-13-31-20-6-4-3-5-15(16)20/h3-8,10-11,13,17,24H,9,12H2,1-2H3,(H,23,28)(H,25,27). The minimum Gasteiger partial charge on any atom is -0.493 e. The van der Waals surface area contributed by atoms with Crippen molar-refractivity contribution < 1.29 is 23.9 Å². The maximum Gasteiger partial charge on any atom is 0.253 e. The van der Waals surface area contributed by atoms with Gasteiger partial charge in [-0.05, 0) is 40.6 Å². The van der Waals surface area contributed by atoms with E-state index in [-0.39, 0.29) is 19.0 Å². The summed E-state index contributed by atoms with van der Waals surface area (Å²) < 4.78 is 11.4. The van der Waals surface area contributed by atoms with Crippen LogP contribution in [0, 0.1) is 0 Å². The molecule has 0 spiro atoms. The maximum absolute atomic E-state index is 12.3. The summed E-state index contributed by atoms with van der Waals surface area (Å²) in [4.78, 5) is 35.7. The predicted octanol–water partition coefficient (Wildman–Crippen LogP) is 2.60. The summed E-state index contributed by atoms with van der Waals surface area (Å²) in [5.74, 6) is 0.0535. The fourth-order valence-electron chi connectivity index (χ4n) is 3.08. The van der Waals surface area contributed by atoms with Crippen molar-refractivity contribution in [2.24, 2.45) is 0 Å². The van der Waals surface area contributed by atoms with E-state index in [4.69, 9.17) is 9.47 Å². The lowest BCUT2D eigenvalue weighted by molar-refractivity contribution is -0.121. The van der Waals surface area contributed by atoms with Gasteiger partial charge < -0.3 is 19.6 Å². The Labute approximate surface area is 183 Å². The molecule has 8 nitrogen and oxygen atoms in total. The van der Waals surface area contributed by atoms with Crippen LogP contribution in [0.3, 0.4) is 0 Å². The topological polar surface area (TPSA) is 106 Å². The fraction of sp³-hybridized carbons (Fsp3) is 0.227. The molecule has 0 aliphatic carbocycles. The third-order valence-electron chi connectivity index (χ3n) is 4.66. The SMILES string of the molecule is COc1ccc(C(=O)NCC(=O)NNC(CC=O)c2csc3ccccc23)cc1OC. The van der Waals surface area contributed by atoms with Gasteiger partial charge in [0, 0.05) is 16.7 Å². The van der Waals surface area contributed by atoms with E-state index in [0.29, 0.717) is 17.1 Å². The van der Waals surface area contributed by atoms with Gasteiger partial charge in [0.05, 0.1) is 26.8 Å². The highest BCUT2D eigenvalue weighted by Crippen LogP contribution is 2.31. The zero-order chi connectivity index (χ0) is 22.2. The Balaban J connectivity index is 1.57. The quantitative estimate of drug-likeness (QED) is 0.330. The maximum atomic E-state index is 12.3. The van der Waals surface area contributed by atoms with E-state index in [2.05, 4.69) is 16.2 Å². The highest BCUT2D eigenvalue weighted by Gasteiger charge is 2.17. The lowest BCUT2D eigenvalue weighted by Gasteiger charge is -2.17. The van der Waals surface area contributed by atoms with Gasteiger partial charge in [-0.1, -0.05) is 18.2 Å². The molecule has 3 N–H and O–H groups in total. The monoisotopic (exact) mass is 441 g/mol. The Hall–Kier alpha value is -3.43. The largest absolute Gasteiger partial charge is 0.493 e. The molecule has 1 unspecified atom stereocenters. The van der Waals surface area contributed by atoms with Crippen LogP contribution in [-0.2, 0) is 9.59 Å². The smallest absolute Gasteiger partial charge is 0.253 e. The van der Waals surface area contributed by atoms with E-state index < -0.39 is 11.8 Å². The Kier molecular flexibility index (Phi) is 7.58. The van der Waals surface area contributed by atoms with Crippen LogP contribution in [0.4, 0.5) is 0 Å². The molecule has 162 valence electrons. The number of carbonyl (C=O) groups is 3. The zero-order valence-electron chi connectivity index (χ0n) is 17.1. The number of amides is 2. The number of fused-ring (bicyclic) bond motifs is 1. The molecule has 9 heteroatoms. The van der Waals surface area contributed by atoms with Gasteiger partial charge in [0.25, 0.3) is 11.8 Å². The number of carbonyl (C=O) groups excluding carboxylic acids is 3. The summed E-state index contributed by atoms with van der Waals surface area (Å²) in [6.45, 7) is -0.238. The summed E-state index contributed by atoms with van der Waals surface area (Å²) >= 11 is 1.57. The van der Waals surface area contributed by atoms with Crippen LogP contribution in [0.5, 0.6) is 11.5 Å². The molecule has 3 rings (SSSR count). The van der Waals surface area contributed by atoms with E-state index in [0.717, 1.165) is 21.9 Å². The van der Waals surface area contributed by atoms with Crippen molar-refractivity contribution in [2.75, 3.05) is 20.8 Å². The van der Waals surface area contributed by atoms with Crippen molar-refractivity contribution in [1.82, 2.24) is 16.2 Å². The van der Waals surface area contributed by atoms with Crippen LogP contribution in [-0.4, -0.2) is 38.9 Å². The minimum atomic E-state index is -0.440. The van der Waals surface area contributed by atoms with E-state index in [1.54, 1.807) is 23.5 Å². The molecule has 0 aliphatic rings. The first-order valence-corrected chi connectivity index (χ1v) is 10.4. The van der Waals surface area contributed by atoms with E-state index in [1.807, 2.05) is 29.6 Å². The lowest BCUT2D eigenvalue weighted by atomic mass is 10.0. The Morgan fingerprint density at radius 3 is 2.61 bits per heavy atom. The van der Waals surface area contributed by atoms with Crippen LogP contribution in [0.15, 0.2) is 47.8 Å². The van der Waals surface area contributed by atoms with Crippen LogP contribution in [0.2, 0.25) is 0 Å². The van der Waals surface area contributed by atoms with Gasteiger partial charge >= 0.3 is 0 Å². The van der Waals surface area contributed by atoms with Gasteiger partial charge in [-0.25, -0.2) is 5.43 Å². The van der Waals surface area contributed by atoms with Crippen molar-refractivity contribution in [1.29, 1.82) is 0 Å². The number of thiophene rings is 1. The molecule has 1 heterocycles. The summed E-state index contributed by atoms with van der Waals surface area (Å²) in [6.07, 6.45) is 0.994. The molecule has 0 radical (unpaired) electrons. The first kappa shape index (κ1) is 22.3. The minimum absolute atomic E-state index is 0.193. The normalized spacial score (nSPS) is 11.5. The summed E-state index contributed by atoms with van der Waals surface area (Å²) in [5.41, 5.74) is 6.73. The van der Waals surface area contributed by atoms with E-state index in [1.165, 1.54) is 20.3 Å². The molecular weight excluding hydrogens is 418 g/mol. The summed E-state index contributed by atoms with van der Waals surface area (Å²) in [7, 11) is 2.98. The third-order valence-corrected chi connectivity index (χ3v) is 5.64. The number of hydrogen-bond acceptors (Lipinski definition) is 7. The van der Waals surface area contributed by atoms with E-state index in [9.17, 15) is 14.4 Å². The second kappa shape index (κ2) is 10.6. The zero-order valence-corrected chi connectivity index (χ0v) is 18.0. The van der Waals surface area contributed by atoms with Crippen molar-refractivity contribution in [3.05, 3.63) is 59.0 Å². The van der Waals surface area contributed by atoms with Gasteiger partial charge in [0.1, 0.15) is 6.29 Å². The van der Waals surface area contributed by atoms with Crippen molar-refractivity contribution >= 4 is 39.5 Å². The van der Waals surface area contributed by atoms with Crippen molar-refractivity contribution in [2.45, 2.75) is 12.5 Å². The summed E-state index contributed by atoms with van der Waals surface area (Å²) in [6, 6.07) is 12.2. The van der Waals surface area contributed by atoms with Gasteiger partial charge in [-0.15, -0.1) is 11.3 Å². The molecule has 3 aromatic rings. The number of methoxy groups -OCH3 is 2. The average Bonchev–Trinajstić information content (AvgIpc) is 3.23. The molecule has 0 bridgehead atoms. The Morgan fingerprint density at radius 2 is 1.87 bits per heavy atom. The molecular formula is C22H23N3O5S. The number of nitrogens with one attached hydrogen (secondary N) is 3. The van der Waals surface area contributed by atoms with Crippen LogP contribution >= 0.6 is 11.3 Å². The molecule has 0 saturated heterocycles. The fourth-order valence-corrected chi connectivity index (χ4v) is 4.10. The molecule has 2 amide bonds. The Bertz CT molecular complexity index is 1080. The predicted molar refractivity (Wildman–Crippen MR) is 118 cm³/mol. The number of rotatable bonds is 10. The van der Waals surface area contributed by atoms with Crippen LogP contribution < -0.4 is 25.6 Å². The molecule has 1 aromatic heterocycles. The molecule has 0 saturated carbocycles. The number of hydrazine groups is 1. The lowest BCUT2D eigenvalue weighted by Crippen LogP contribution is -2.45. The number of hydrogen-bond donors (Lipinski definition) is 3. The first-order valence-electron chi connectivity index (χ1n) is 9.51. The second-order valence-corrected chi connectivity index (χ2v) is 7.50. The van der Waals surface area contributed by atoms with Gasteiger partial charge in [0.15, 0.2) is 11.5 Å². The summed E-state index contributed by atoms with van der Waals surface area (Å²) in [5, 5.41) is 5.55. The molecule has 0 aliphatic heterocycles. The van der Waals surface area contributed by atoms with Crippen LogP contribution in [0.1, 0.15) is 28.4 Å². The molecule has 0 fully saturated rings. The number of ether oxygens (including phenoxy) is 2. The molecule has 2 aromatic carbocycles. The highest BCUT2D eigenvalue weighted by molar-refractivity contribution is 7.17. The molecule has 31 heavy (non-hydrogen) atoms. The van der Waals surface area contributed by atoms with Crippen LogP contribution in [0.25, 0.3) is 10.1 Å². The second-order valence-electron chi connectivity index (χ2n) is 6.59. The number of benzene rings is 2.